The Morgan fingerprint density at radius 1 is 1.48 bits per heavy atom. The Labute approximate surface area is 129 Å². The minimum Gasteiger partial charge on any atom is -0.478 e. The average molecular weight is 313 g/mol. The summed E-state index contributed by atoms with van der Waals surface area (Å²) in [7, 11) is 3.38. The molecule has 1 atom stereocenters. The molecule has 0 aromatic carbocycles. The number of rotatable bonds is 10. The molecule has 0 fully saturated rings. The molecule has 0 aliphatic heterocycles. The third kappa shape index (κ3) is 6.39. The number of ether oxygens (including phenoxy) is 2. The van der Waals surface area contributed by atoms with Gasteiger partial charge in [0.05, 0.1) is 13.2 Å². The average Bonchev–Trinajstić information content (AvgIpc) is 2.88. The van der Waals surface area contributed by atoms with Crippen molar-refractivity contribution < 1.29 is 19.4 Å². The summed E-state index contributed by atoms with van der Waals surface area (Å²) in [6.07, 6.45) is 2.81. The fourth-order valence-corrected chi connectivity index (χ4v) is 2.87. The summed E-state index contributed by atoms with van der Waals surface area (Å²) < 4.78 is 10.4. The van der Waals surface area contributed by atoms with Crippen molar-refractivity contribution >= 4 is 23.4 Å². The van der Waals surface area contributed by atoms with E-state index in [1.165, 1.54) is 6.08 Å². The highest BCUT2D eigenvalue weighted by atomic mass is 32.1. The largest absolute Gasteiger partial charge is 0.478 e. The molecule has 0 saturated carbocycles. The zero-order chi connectivity index (χ0) is 15.7. The number of methoxy groups -OCH3 is 2. The third-order valence-corrected chi connectivity index (χ3v) is 4.07. The van der Waals surface area contributed by atoms with E-state index in [4.69, 9.17) is 14.6 Å². The van der Waals surface area contributed by atoms with Gasteiger partial charge < -0.3 is 14.6 Å². The lowest BCUT2D eigenvalue weighted by atomic mass is 10.2. The van der Waals surface area contributed by atoms with E-state index in [0.717, 1.165) is 23.5 Å². The lowest BCUT2D eigenvalue weighted by Crippen LogP contribution is -2.37. The smallest absolute Gasteiger partial charge is 0.328 e. The van der Waals surface area contributed by atoms with E-state index in [0.29, 0.717) is 13.2 Å². The Balaban J connectivity index is 2.78. The number of aliphatic carboxylic acids is 1. The van der Waals surface area contributed by atoms with Crippen molar-refractivity contribution in [1.82, 2.24) is 4.90 Å². The Hall–Kier alpha value is -1.21. The fraction of sp³-hybridized carbons (Fsp3) is 0.533. The van der Waals surface area contributed by atoms with Gasteiger partial charge in [-0.25, -0.2) is 4.79 Å². The number of hydrogen-bond acceptors (Lipinski definition) is 5. The third-order valence-electron chi connectivity index (χ3n) is 3.15. The van der Waals surface area contributed by atoms with Crippen LogP contribution in [0.5, 0.6) is 0 Å². The molecule has 1 heterocycles. The van der Waals surface area contributed by atoms with Crippen LogP contribution in [0.2, 0.25) is 0 Å². The van der Waals surface area contributed by atoms with Gasteiger partial charge in [0.25, 0.3) is 0 Å². The number of carboxylic acids is 1. The highest BCUT2D eigenvalue weighted by Gasteiger charge is 2.16. The molecule has 0 amide bonds. The van der Waals surface area contributed by atoms with Crippen molar-refractivity contribution in [1.29, 1.82) is 0 Å². The standard InChI is InChI=1S/C15H23NO4S/c1-12(11-20-3)16(7-8-19-2)10-14-13(6-9-21-14)4-5-15(17)18/h4-6,9,12H,7-8,10-11H2,1-3H3,(H,17,18). The lowest BCUT2D eigenvalue weighted by molar-refractivity contribution is -0.131. The SMILES string of the molecule is COCCN(Cc1sccc1C=CC(=O)O)C(C)COC. The van der Waals surface area contributed by atoms with Crippen molar-refractivity contribution in [2.24, 2.45) is 0 Å². The lowest BCUT2D eigenvalue weighted by Gasteiger charge is -2.28. The summed E-state index contributed by atoms with van der Waals surface area (Å²) in [5.41, 5.74) is 0.953. The van der Waals surface area contributed by atoms with E-state index < -0.39 is 5.97 Å². The van der Waals surface area contributed by atoms with Crippen LogP contribution < -0.4 is 0 Å². The van der Waals surface area contributed by atoms with Crippen LogP contribution in [0.15, 0.2) is 17.5 Å². The highest BCUT2D eigenvalue weighted by Crippen LogP contribution is 2.21. The van der Waals surface area contributed by atoms with E-state index in [1.807, 2.05) is 11.4 Å². The Kier molecular flexibility index (Phi) is 8.22. The predicted octanol–water partition coefficient (Wildman–Crippen LogP) is 2.33. The molecule has 0 saturated heterocycles. The molecule has 21 heavy (non-hydrogen) atoms. The van der Waals surface area contributed by atoms with Gasteiger partial charge in [-0.1, -0.05) is 0 Å². The summed E-state index contributed by atoms with van der Waals surface area (Å²) in [5, 5.41) is 10.7. The van der Waals surface area contributed by atoms with Crippen LogP contribution in [0, 0.1) is 0 Å². The quantitative estimate of drug-likeness (QED) is 0.672. The number of hydrogen-bond donors (Lipinski definition) is 1. The second kappa shape index (κ2) is 9.68. The first-order valence-electron chi connectivity index (χ1n) is 6.77. The first kappa shape index (κ1) is 17.8. The van der Waals surface area contributed by atoms with Crippen molar-refractivity contribution in [3.8, 4) is 0 Å². The van der Waals surface area contributed by atoms with Crippen molar-refractivity contribution in [3.63, 3.8) is 0 Å². The monoisotopic (exact) mass is 313 g/mol. The molecule has 0 radical (unpaired) electrons. The molecule has 0 aliphatic rings. The van der Waals surface area contributed by atoms with E-state index in [2.05, 4.69) is 11.8 Å². The Morgan fingerprint density at radius 3 is 2.86 bits per heavy atom. The van der Waals surface area contributed by atoms with E-state index in [-0.39, 0.29) is 6.04 Å². The maximum Gasteiger partial charge on any atom is 0.328 e. The van der Waals surface area contributed by atoms with Crippen molar-refractivity contribution in [2.45, 2.75) is 19.5 Å². The molecule has 0 aliphatic carbocycles. The molecule has 1 rings (SSSR count). The molecule has 1 unspecified atom stereocenters. The maximum absolute atomic E-state index is 10.6. The second-order valence-electron chi connectivity index (χ2n) is 4.74. The minimum atomic E-state index is -0.934. The van der Waals surface area contributed by atoms with Gasteiger partial charge in [-0.15, -0.1) is 11.3 Å². The van der Waals surface area contributed by atoms with Crippen LogP contribution >= 0.6 is 11.3 Å². The van der Waals surface area contributed by atoms with E-state index in [1.54, 1.807) is 31.6 Å². The first-order chi connectivity index (χ1) is 10.1. The van der Waals surface area contributed by atoms with Crippen LogP contribution in [0.25, 0.3) is 6.08 Å². The molecule has 118 valence electrons. The van der Waals surface area contributed by atoms with Gasteiger partial charge in [-0.05, 0) is 30.0 Å². The zero-order valence-electron chi connectivity index (χ0n) is 12.7. The van der Waals surface area contributed by atoms with E-state index in [9.17, 15) is 4.79 Å². The fourth-order valence-electron chi connectivity index (χ4n) is 1.98. The van der Waals surface area contributed by atoms with Gasteiger partial charge in [0.2, 0.25) is 0 Å². The minimum absolute atomic E-state index is 0.267. The molecule has 1 N–H and O–H groups in total. The topological polar surface area (TPSA) is 59.0 Å². The summed E-state index contributed by atoms with van der Waals surface area (Å²) in [6, 6.07) is 2.21. The van der Waals surface area contributed by atoms with Crippen LogP contribution in [-0.4, -0.2) is 56.0 Å². The number of nitrogens with zero attached hydrogens (tertiary/aromatic N) is 1. The first-order valence-corrected chi connectivity index (χ1v) is 7.65. The molecule has 1 aromatic heterocycles. The molecule has 0 spiro atoms. The van der Waals surface area contributed by atoms with Crippen molar-refractivity contribution in [3.05, 3.63) is 28.0 Å². The molecular formula is C15H23NO4S. The number of carboxylic acid groups (broad SMARTS) is 1. The highest BCUT2D eigenvalue weighted by molar-refractivity contribution is 7.10. The van der Waals surface area contributed by atoms with Gasteiger partial charge in [0.15, 0.2) is 0 Å². The van der Waals surface area contributed by atoms with Crippen LogP contribution in [0.4, 0.5) is 0 Å². The Morgan fingerprint density at radius 2 is 2.24 bits per heavy atom. The van der Waals surface area contributed by atoms with Gasteiger partial charge in [-0.3, -0.25) is 4.90 Å². The summed E-state index contributed by atoms with van der Waals surface area (Å²) in [5.74, 6) is -0.934. The number of carbonyl (C=O) groups is 1. The number of thiophene rings is 1. The van der Waals surface area contributed by atoms with Crippen LogP contribution in [-0.2, 0) is 20.8 Å². The van der Waals surface area contributed by atoms with Gasteiger partial charge in [-0.2, -0.15) is 0 Å². The molecule has 0 bridgehead atoms. The summed E-state index contributed by atoms with van der Waals surface area (Å²) >= 11 is 1.63. The molecular weight excluding hydrogens is 290 g/mol. The predicted molar refractivity (Wildman–Crippen MR) is 84.6 cm³/mol. The Bertz CT molecular complexity index is 458. The van der Waals surface area contributed by atoms with E-state index >= 15 is 0 Å². The normalized spacial score (nSPS) is 13.1. The van der Waals surface area contributed by atoms with Crippen LogP contribution in [0.3, 0.4) is 0 Å². The molecule has 5 nitrogen and oxygen atoms in total. The van der Waals surface area contributed by atoms with Gasteiger partial charge in [0, 0.05) is 44.3 Å². The summed E-state index contributed by atoms with van der Waals surface area (Å²) in [6.45, 7) is 4.97. The van der Waals surface area contributed by atoms with Crippen molar-refractivity contribution in [2.75, 3.05) is 34.0 Å². The second-order valence-corrected chi connectivity index (χ2v) is 5.74. The summed E-state index contributed by atoms with van der Waals surface area (Å²) in [4.78, 5) is 14.1. The van der Waals surface area contributed by atoms with Gasteiger partial charge >= 0.3 is 5.97 Å². The van der Waals surface area contributed by atoms with Gasteiger partial charge in [0.1, 0.15) is 0 Å². The van der Waals surface area contributed by atoms with Crippen LogP contribution in [0.1, 0.15) is 17.4 Å². The molecule has 1 aromatic rings. The maximum atomic E-state index is 10.6. The molecule has 6 heteroatoms. The zero-order valence-corrected chi connectivity index (χ0v) is 13.6.